The van der Waals surface area contributed by atoms with Crippen molar-refractivity contribution in [1.82, 2.24) is 4.98 Å². The minimum atomic E-state index is -0.760. The van der Waals surface area contributed by atoms with Crippen molar-refractivity contribution < 1.29 is 9.90 Å². The lowest BCUT2D eigenvalue weighted by molar-refractivity contribution is -0.138. The number of thiophene rings is 1. The number of carboxylic acid groups (broad SMARTS) is 1. The van der Waals surface area contributed by atoms with Gasteiger partial charge in [0.1, 0.15) is 5.92 Å². The smallest absolute Gasteiger partial charge is 0.312 e. The Morgan fingerprint density at radius 3 is 2.95 bits per heavy atom. The first-order valence-electron chi connectivity index (χ1n) is 7.08. The van der Waals surface area contributed by atoms with Crippen molar-refractivity contribution in [2.45, 2.75) is 38.6 Å². The Bertz CT molecular complexity index is 634. The van der Waals surface area contributed by atoms with Gasteiger partial charge in [0.25, 0.3) is 0 Å². The predicted octanol–water partition coefficient (Wildman–Crippen LogP) is 4.13. The zero-order valence-electron chi connectivity index (χ0n) is 12.0. The second-order valence-electron chi connectivity index (χ2n) is 5.64. The third-order valence-electron chi connectivity index (χ3n) is 3.81. The summed E-state index contributed by atoms with van der Waals surface area (Å²) in [5.74, 6) is -0.743. The van der Waals surface area contributed by atoms with Gasteiger partial charge in [-0.05, 0) is 30.2 Å². The fraction of sp³-hybridized carbons (Fsp3) is 0.467. The van der Waals surface area contributed by atoms with Crippen molar-refractivity contribution >= 4 is 33.8 Å². The summed E-state index contributed by atoms with van der Waals surface area (Å²) in [5, 5.41) is 15.7. The molecule has 0 bridgehead atoms. The van der Waals surface area contributed by atoms with Crippen LogP contribution in [0.25, 0.3) is 0 Å². The van der Waals surface area contributed by atoms with E-state index in [1.165, 1.54) is 4.88 Å². The number of aliphatic carboxylic acids is 1. The van der Waals surface area contributed by atoms with Gasteiger partial charge in [0.2, 0.25) is 0 Å². The van der Waals surface area contributed by atoms with Crippen molar-refractivity contribution in [2.75, 3.05) is 5.32 Å². The Morgan fingerprint density at radius 2 is 2.33 bits per heavy atom. The number of anilines is 1. The SMILES string of the molecule is CC(C)C(Nc1nc2c(s1)CCC2C(=O)O)c1cccs1. The van der Waals surface area contributed by atoms with E-state index in [1.54, 1.807) is 22.7 Å². The Balaban J connectivity index is 1.82. The van der Waals surface area contributed by atoms with Crippen LogP contribution in [0.2, 0.25) is 0 Å². The lowest BCUT2D eigenvalue weighted by atomic mass is 10.0. The van der Waals surface area contributed by atoms with Crippen LogP contribution in [0.1, 0.15) is 47.7 Å². The van der Waals surface area contributed by atoms with Crippen LogP contribution in [-0.4, -0.2) is 16.1 Å². The Kier molecular flexibility index (Phi) is 3.99. The molecule has 4 nitrogen and oxygen atoms in total. The highest BCUT2D eigenvalue weighted by Crippen LogP contribution is 2.40. The molecule has 0 fully saturated rings. The van der Waals surface area contributed by atoms with Crippen LogP contribution >= 0.6 is 22.7 Å². The van der Waals surface area contributed by atoms with E-state index in [-0.39, 0.29) is 6.04 Å². The Hall–Kier alpha value is -1.40. The van der Waals surface area contributed by atoms with E-state index in [0.717, 1.165) is 22.1 Å². The second-order valence-corrected chi connectivity index (χ2v) is 7.70. The summed E-state index contributed by atoms with van der Waals surface area (Å²) >= 11 is 3.34. The monoisotopic (exact) mass is 322 g/mol. The highest BCUT2D eigenvalue weighted by Gasteiger charge is 2.32. The Morgan fingerprint density at radius 1 is 1.52 bits per heavy atom. The summed E-state index contributed by atoms with van der Waals surface area (Å²) in [5.41, 5.74) is 0.767. The summed E-state index contributed by atoms with van der Waals surface area (Å²) in [6.45, 7) is 4.36. The fourth-order valence-electron chi connectivity index (χ4n) is 2.70. The molecule has 2 atom stereocenters. The van der Waals surface area contributed by atoms with E-state index in [2.05, 4.69) is 41.7 Å². The molecule has 2 aromatic rings. The van der Waals surface area contributed by atoms with Gasteiger partial charge < -0.3 is 10.4 Å². The third-order valence-corrected chi connectivity index (χ3v) is 5.83. The van der Waals surface area contributed by atoms with Crippen LogP contribution in [0, 0.1) is 5.92 Å². The molecule has 0 saturated carbocycles. The molecule has 2 unspecified atom stereocenters. The topological polar surface area (TPSA) is 62.2 Å². The number of carbonyl (C=O) groups is 1. The third kappa shape index (κ3) is 2.82. The molecule has 2 heterocycles. The van der Waals surface area contributed by atoms with Crippen LogP contribution in [0.4, 0.5) is 5.13 Å². The molecule has 0 spiro atoms. The van der Waals surface area contributed by atoms with Crippen LogP contribution in [0.3, 0.4) is 0 Å². The molecule has 0 aromatic carbocycles. The second kappa shape index (κ2) is 5.77. The van der Waals surface area contributed by atoms with Crippen molar-refractivity contribution in [3.05, 3.63) is 33.0 Å². The van der Waals surface area contributed by atoms with Gasteiger partial charge in [-0.15, -0.1) is 22.7 Å². The highest BCUT2D eigenvalue weighted by atomic mass is 32.1. The maximum atomic E-state index is 11.2. The minimum absolute atomic E-state index is 0.222. The molecule has 1 aliphatic carbocycles. The van der Waals surface area contributed by atoms with Crippen molar-refractivity contribution in [2.24, 2.45) is 5.92 Å². The van der Waals surface area contributed by atoms with Crippen LogP contribution in [-0.2, 0) is 11.2 Å². The van der Waals surface area contributed by atoms with Gasteiger partial charge in [0.15, 0.2) is 5.13 Å². The number of aryl methyl sites for hydroxylation is 1. The molecule has 0 radical (unpaired) electrons. The molecule has 3 rings (SSSR count). The van der Waals surface area contributed by atoms with Gasteiger partial charge in [-0.25, -0.2) is 4.98 Å². The van der Waals surface area contributed by atoms with Crippen LogP contribution < -0.4 is 5.32 Å². The zero-order chi connectivity index (χ0) is 15.0. The lowest BCUT2D eigenvalue weighted by Crippen LogP contribution is -2.16. The van der Waals surface area contributed by atoms with Crippen LogP contribution in [0.15, 0.2) is 17.5 Å². The highest BCUT2D eigenvalue weighted by molar-refractivity contribution is 7.15. The van der Waals surface area contributed by atoms with Gasteiger partial charge in [0, 0.05) is 9.75 Å². The standard InChI is InChI=1S/C15H18N2O2S2/c1-8(2)12(10-4-3-7-20-10)16-15-17-13-9(14(18)19)5-6-11(13)21-15/h3-4,7-9,12H,5-6H2,1-2H3,(H,16,17)(H,18,19). The fourth-order valence-corrected chi connectivity index (χ4v) is 4.72. The number of thiazole rings is 1. The molecule has 2 aromatic heterocycles. The van der Waals surface area contributed by atoms with E-state index in [0.29, 0.717) is 12.3 Å². The maximum absolute atomic E-state index is 11.2. The van der Waals surface area contributed by atoms with Gasteiger partial charge in [-0.2, -0.15) is 0 Å². The lowest BCUT2D eigenvalue weighted by Gasteiger charge is -2.20. The number of carboxylic acids is 1. The van der Waals surface area contributed by atoms with E-state index in [9.17, 15) is 9.90 Å². The zero-order valence-corrected chi connectivity index (χ0v) is 13.6. The number of hydrogen-bond acceptors (Lipinski definition) is 5. The summed E-state index contributed by atoms with van der Waals surface area (Å²) in [6, 6.07) is 4.41. The summed E-state index contributed by atoms with van der Waals surface area (Å²) in [4.78, 5) is 18.2. The molecule has 1 aliphatic rings. The number of hydrogen-bond donors (Lipinski definition) is 2. The van der Waals surface area contributed by atoms with E-state index < -0.39 is 11.9 Å². The van der Waals surface area contributed by atoms with Gasteiger partial charge in [0.05, 0.1) is 11.7 Å². The maximum Gasteiger partial charge on any atom is 0.312 e. The average Bonchev–Trinajstić information content (AvgIpc) is 3.11. The molecule has 0 saturated heterocycles. The summed E-state index contributed by atoms with van der Waals surface area (Å²) < 4.78 is 0. The summed E-state index contributed by atoms with van der Waals surface area (Å²) in [7, 11) is 0. The minimum Gasteiger partial charge on any atom is -0.481 e. The van der Waals surface area contributed by atoms with E-state index >= 15 is 0 Å². The number of nitrogens with one attached hydrogen (secondary N) is 1. The van der Waals surface area contributed by atoms with Crippen molar-refractivity contribution in [3.8, 4) is 0 Å². The molecular weight excluding hydrogens is 304 g/mol. The quantitative estimate of drug-likeness (QED) is 0.869. The number of nitrogens with zero attached hydrogens (tertiary/aromatic N) is 1. The molecule has 0 amide bonds. The van der Waals surface area contributed by atoms with Crippen molar-refractivity contribution in [3.63, 3.8) is 0 Å². The molecular formula is C15H18N2O2S2. The molecule has 2 N–H and O–H groups in total. The predicted molar refractivity (Wildman–Crippen MR) is 86.3 cm³/mol. The van der Waals surface area contributed by atoms with Crippen molar-refractivity contribution in [1.29, 1.82) is 0 Å². The first-order chi connectivity index (χ1) is 10.1. The number of rotatable bonds is 5. The van der Waals surface area contributed by atoms with Crippen LogP contribution in [0.5, 0.6) is 0 Å². The largest absolute Gasteiger partial charge is 0.481 e. The molecule has 6 heteroatoms. The molecule has 0 aliphatic heterocycles. The number of aromatic nitrogens is 1. The first kappa shape index (κ1) is 14.5. The van der Waals surface area contributed by atoms with E-state index in [1.807, 2.05) is 0 Å². The van der Waals surface area contributed by atoms with Gasteiger partial charge >= 0.3 is 5.97 Å². The Labute approximate surface area is 131 Å². The molecule has 112 valence electrons. The van der Waals surface area contributed by atoms with E-state index in [4.69, 9.17) is 0 Å². The first-order valence-corrected chi connectivity index (χ1v) is 8.78. The average molecular weight is 322 g/mol. The van der Waals surface area contributed by atoms with Gasteiger partial charge in [-0.1, -0.05) is 19.9 Å². The number of fused-ring (bicyclic) bond motifs is 1. The normalized spacial score (nSPS) is 18.7. The van der Waals surface area contributed by atoms with Gasteiger partial charge in [-0.3, -0.25) is 4.79 Å². The summed E-state index contributed by atoms with van der Waals surface area (Å²) in [6.07, 6.45) is 1.51. The molecule has 21 heavy (non-hydrogen) atoms.